The second kappa shape index (κ2) is 7.73. The first-order valence-corrected chi connectivity index (χ1v) is 7.94. The molecule has 2 rings (SSSR count). The van der Waals surface area contributed by atoms with Gasteiger partial charge in [-0.1, -0.05) is 13.8 Å². The number of rotatable bonds is 7. The molecule has 0 aliphatic rings. The lowest BCUT2D eigenvalue weighted by Gasteiger charge is -2.28. The first kappa shape index (κ1) is 19.0. The van der Waals surface area contributed by atoms with E-state index in [1.54, 1.807) is 18.4 Å². The van der Waals surface area contributed by atoms with Gasteiger partial charge >= 0.3 is 6.18 Å². The summed E-state index contributed by atoms with van der Waals surface area (Å²) >= 11 is 0. The summed E-state index contributed by atoms with van der Waals surface area (Å²) in [6, 6.07) is 4.10. The number of carbonyl (C=O) groups is 1. The number of hydrogen-bond acceptors (Lipinski definition) is 4. The van der Waals surface area contributed by atoms with Crippen molar-refractivity contribution in [3.05, 3.63) is 41.6 Å². The van der Waals surface area contributed by atoms with Gasteiger partial charge in [0.1, 0.15) is 11.5 Å². The Balaban J connectivity index is 2.13. The van der Waals surface area contributed by atoms with Crippen molar-refractivity contribution in [2.24, 2.45) is 7.05 Å². The number of halogens is 3. The van der Waals surface area contributed by atoms with E-state index in [0.717, 1.165) is 23.8 Å². The van der Waals surface area contributed by atoms with Crippen molar-refractivity contribution in [3.63, 3.8) is 0 Å². The van der Waals surface area contributed by atoms with Gasteiger partial charge in [0.05, 0.1) is 12.3 Å². The summed E-state index contributed by atoms with van der Waals surface area (Å²) in [5.41, 5.74) is -1.24. The average Bonchev–Trinajstić information content (AvgIpc) is 3.20. The van der Waals surface area contributed by atoms with Gasteiger partial charge < -0.3 is 9.73 Å². The lowest BCUT2D eigenvalue weighted by Crippen LogP contribution is -2.38. The fourth-order valence-electron chi connectivity index (χ4n) is 2.65. The molecule has 0 fully saturated rings. The SMILES string of the molecule is CCN(CC)[C@H](CNC(=O)c1cc(C(F)(F)F)nn1C)c1ccco1. The molecule has 1 amide bonds. The number of nitrogens with zero attached hydrogens (tertiary/aromatic N) is 3. The standard InChI is InChI=1S/C16H21F3N4O2/c1-4-23(5-2)12(13-7-6-8-25-13)10-20-15(24)11-9-14(16(17,18)19)21-22(11)3/h6-9,12H,4-5,10H2,1-3H3,(H,20,24)/t12-/m1/s1. The summed E-state index contributed by atoms with van der Waals surface area (Å²) in [5, 5.41) is 6.02. The Labute approximate surface area is 143 Å². The first-order chi connectivity index (χ1) is 11.8. The van der Waals surface area contributed by atoms with E-state index in [2.05, 4.69) is 15.3 Å². The van der Waals surface area contributed by atoms with E-state index in [9.17, 15) is 18.0 Å². The van der Waals surface area contributed by atoms with Crippen LogP contribution in [0.25, 0.3) is 0 Å². The Morgan fingerprint density at radius 2 is 2.08 bits per heavy atom. The molecule has 2 aromatic rings. The number of hydrogen-bond donors (Lipinski definition) is 1. The summed E-state index contributed by atoms with van der Waals surface area (Å²) < 4.78 is 44.5. The maximum Gasteiger partial charge on any atom is 0.435 e. The van der Waals surface area contributed by atoms with Crippen LogP contribution < -0.4 is 5.32 Å². The summed E-state index contributed by atoms with van der Waals surface area (Å²) in [6.07, 6.45) is -3.04. The highest BCUT2D eigenvalue weighted by atomic mass is 19.4. The van der Waals surface area contributed by atoms with Crippen LogP contribution in [0.2, 0.25) is 0 Å². The van der Waals surface area contributed by atoms with E-state index in [-0.39, 0.29) is 18.3 Å². The smallest absolute Gasteiger partial charge is 0.435 e. The Kier molecular flexibility index (Phi) is 5.89. The number of nitrogens with one attached hydrogen (secondary N) is 1. The Morgan fingerprint density at radius 1 is 1.40 bits per heavy atom. The molecule has 0 bridgehead atoms. The Morgan fingerprint density at radius 3 is 2.56 bits per heavy atom. The molecule has 0 radical (unpaired) electrons. The average molecular weight is 358 g/mol. The highest BCUT2D eigenvalue weighted by molar-refractivity contribution is 5.92. The van der Waals surface area contributed by atoms with Crippen molar-refractivity contribution in [2.45, 2.75) is 26.1 Å². The van der Waals surface area contributed by atoms with Gasteiger partial charge in [0.25, 0.3) is 5.91 Å². The molecule has 0 aromatic carbocycles. The van der Waals surface area contributed by atoms with Gasteiger partial charge in [-0.05, 0) is 25.2 Å². The van der Waals surface area contributed by atoms with Crippen molar-refractivity contribution in [1.29, 1.82) is 0 Å². The zero-order chi connectivity index (χ0) is 18.6. The van der Waals surface area contributed by atoms with Crippen LogP contribution in [0.1, 0.15) is 41.8 Å². The predicted molar refractivity (Wildman–Crippen MR) is 84.9 cm³/mol. The molecule has 0 aliphatic heterocycles. The minimum absolute atomic E-state index is 0.148. The minimum Gasteiger partial charge on any atom is -0.468 e. The molecule has 9 heteroatoms. The molecule has 138 valence electrons. The molecule has 1 N–H and O–H groups in total. The van der Waals surface area contributed by atoms with E-state index >= 15 is 0 Å². The maximum atomic E-state index is 12.7. The Hall–Kier alpha value is -2.29. The Bertz CT molecular complexity index is 691. The van der Waals surface area contributed by atoms with E-state index in [1.165, 1.54) is 7.05 Å². The number of furan rings is 1. The molecule has 25 heavy (non-hydrogen) atoms. The quantitative estimate of drug-likeness (QED) is 0.827. The van der Waals surface area contributed by atoms with Gasteiger partial charge in [-0.3, -0.25) is 14.4 Å². The molecule has 0 spiro atoms. The van der Waals surface area contributed by atoms with Crippen LogP contribution in [0, 0.1) is 0 Å². The summed E-state index contributed by atoms with van der Waals surface area (Å²) in [6.45, 7) is 5.65. The molecule has 1 atom stereocenters. The van der Waals surface area contributed by atoms with Gasteiger partial charge in [0.15, 0.2) is 5.69 Å². The number of amides is 1. The van der Waals surface area contributed by atoms with Gasteiger partial charge in [0.2, 0.25) is 0 Å². The van der Waals surface area contributed by atoms with Gasteiger partial charge in [-0.2, -0.15) is 18.3 Å². The number of aryl methyl sites for hydroxylation is 1. The molecule has 0 aliphatic carbocycles. The molecule has 2 aromatic heterocycles. The molecule has 0 saturated carbocycles. The third kappa shape index (κ3) is 4.41. The second-order valence-corrected chi connectivity index (χ2v) is 5.50. The summed E-state index contributed by atoms with van der Waals surface area (Å²) in [7, 11) is 1.30. The van der Waals surface area contributed by atoms with Crippen molar-refractivity contribution in [1.82, 2.24) is 20.0 Å². The van der Waals surface area contributed by atoms with Gasteiger partial charge in [-0.25, -0.2) is 0 Å². The monoisotopic (exact) mass is 358 g/mol. The number of likely N-dealkylation sites (N-methyl/N-ethyl adjacent to an activating group) is 1. The highest BCUT2D eigenvalue weighted by Gasteiger charge is 2.35. The topological polar surface area (TPSA) is 63.3 Å². The lowest BCUT2D eigenvalue weighted by atomic mass is 10.1. The lowest BCUT2D eigenvalue weighted by molar-refractivity contribution is -0.141. The predicted octanol–water partition coefficient (Wildman–Crippen LogP) is 2.84. The fraction of sp³-hybridized carbons (Fsp3) is 0.500. The fourth-order valence-corrected chi connectivity index (χ4v) is 2.65. The zero-order valence-corrected chi connectivity index (χ0v) is 14.3. The van der Waals surface area contributed by atoms with E-state index in [1.807, 2.05) is 13.8 Å². The van der Waals surface area contributed by atoms with Crippen LogP contribution in [0.3, 0.4) is 0 Å². The van der Waals surface area contributed by atoms with Crippen LogP contribution in [0.15, 0.2) is 28.9 Å². The number of alkyl halides is 3. The maximum absolute atomic E-state index is 12.7. The summed E-state index contributed by atoms with van der Waals surface area (Å²) in [4.78, 5) is 14.4. The normalized spacial score (nSPS) is 13.2. The summed E-state index contributed by atoms with van der Waals surface area (Å²) in [5.74, 6) is 0.0687. The number of carbonyl (C=O) groups excluding carboxylic acids is 1. The molecular weight excluding hydrogens is 337 g/mol. The van der Waals surface area contributed by atoms with Gasteiger partial charge in [-0.15, -0.1) is 0 Å². The highest BCUT2D eigenvalue weighted by Crippen LogP contribution is 2.28. The largest absolute Gasteiger partial charge is 0.468 e. The number of aromatic nitrogens is 2. The van der Waals surface area contributed by atoms with Crippen LogP contribution in [-0.2, 0) is 13.2 Å². The van der Waals surface area contributed by atoms with Crippen molar-refractivity contribution in [3.8, 4) is 0 Å². The van der Waals surface area contributed by atoms with Crippen LogP contribution in [-0.4, -0.2) is 40.2 Å². The van der Waals surface area contributed by atoms with Crippen LogP contribution in [0.5, 0.6) is 0 Å². The van der Waals surface area contributed by atoms with E-state index in [4.69, 9.17) is 4.42 Å². The molecule has 2 heterocycles. The van der Waals surface area contributed by atoms with E-state index < -0.39 is 17.8 Å². The van der Waals surface area contributed by atoms with E-state index in [0.29, 0.717) is 5.76 Å². The van der Waals surface area contributed by atoms with Crippen LogP contribution >= 0.6 is 0 Å². The minimum atomic E-state index is -4.59. The third-order valence-electron chi connectivity index (χ3n) is 3.98. The van der Waals surface area contributed by atoms with Crippen LogP contribution in [0.4, 0.5) is 13.2 Å². The third-order valence-corrected chi connectivity index (χ3v) is 3.98. The zero-order valence-electron chi connectivity index (χ0n) is 14.3. The molecule has 6 nitrogen and oxygen atoms in total. The van der Waals surface area contributed by atoms with Crippen molar-refractivity contribution in [2.75, 3.05) is 19.6 Å². The van der Waals surface area contributed by atoms with Gasteiger partial charge in [0, 0.05) is 19.7 Å². The van der Waals surface area contributed by atoms with Crippen molar-refractivity contribution >= 4 is 5.91 Å². The second-order valence-electron chi connectivity index (χ2n) is 5.50. The first-order valence-electron chi connectivity index (χ1n) is 7.94. The molecule has 0 saturated heterocycles. The van der Waals surface area contributed by atoms with Crippen molar-refractivity contribution < 1.29 is 22.4 Å². The molecule has 0 unspecified atom stereocenters. The molecular formula is C16H21F3N4O2.